The van der Waals surface area contributed by atoms with Crippen molar-refractivity contribution >= 4 is 33.9 Å². The number of nitrogens with zero attached hydrogens (tertiary/aromatic N) is 3. The lowest BCUT2D eigenvalue weighted by molar-refractivity contribution is 0.101. The maximum atomic E-state index is 11.5. The molecule has 0 radical (unpaired) electrons. The van der Waals surface area contributed by atoms with Gasteiger partial charge < -0.3 is 4.90 Å². The van der Waals surface area contributed by atoms with Gasteiger partial charge in [-0.1, -0.05) is 6.42 Å². The standard InChI is InChI=1S/C13H18ClN3OS/c14-7-12(18)11-9-19-13(15-11)17-6-5-16-4-2-1-3-10(16)8-17/h9-10H,1-8H2. The number of piperazine rings is 1. The molecule has 0 amide bonds. The normalized spacial score (nSPS) is 24.3. The topological polar surface area (TPSA) is 36.4 Å². The minimum absolute atomic E-state index is 0.0135. The first-order chi connectivity index (χ1) is 9.28. The Morgan fingerprint density at radius 2 is 2.32 bits per heavy atom. The predicted molar refractivity (Wildman–Crippen MR) is 78.6 cm³/mol. The van der Waals surface area contributed by atoms with Gasteiger partial charge in [-0.25, -0.2) is 4.98 Å². The molecule has 3 heterocycles. The molecule has 1 unspecified atom stereocenters. The van der Waals surface area contributed by atoms with E-state index in [1.54, 1.807) is 11.3 Å². The van der Waals surface area contributed by atoms with E-state index in [4.69, 9.17) is 11.6 Å². The lowest BCUT2D eigenvalue weighted by Crippen LogP contribution is -2.54. The monoisotopic (exact) mass is 299 g/mol. The van der Waals surface area contributed by atoms with Crippen molar-refractivity contribution in [1.82, 2.24) is 9.88 Å². The van der Waals surface area contributed by atoms with Gasteiger partial charge in [-0.05, 0) is 19.4 Å². The number of anilines is 1. The van der Waals surface area contributed by atoms with Crippen molar-refractivity contribution in [3.05, 3.63) is 11.1 Å². The largest absolute Gasteiger partial charge is 0.345 e. The maximum Gasteiger partial charge on any atom is 0.196 e. The molecule has 104 valence electrons. The molecule has 2 saturated heterocycles. The molecule has 0 bridgehead atoms. The van der Waals surface area contributed by atoms with E-state index in [-0.39, 0.29) is 11.7 Å². The number of alkyl halides is 1. The van der Waals surface area contributed by atoms with Crippen LogP contribution in [0.5, 0.6) is 0 Å². The molecule has 6 heteroatoms. The van der Waals surface area contributed by atoms with Gasteiger partial charge in [-0.2, -0.15) is 0 Å². The zero-order chi connectivity index (χ0) is 13.2. The van der Waals surface area contributed by atoms with E-state index >= 15 is 0 Å². The second kappa shape index (κ2) is 5.77. The molecule has 3 rings (SSSR count). The van der Waals surface area contributed by atoms with Gasteiger partial charge in [0, 0.05) is 31.1 Å². The Morgan fingerprint density at radius 3 is 3.16 bits per heavy atom. The van der Waals surface area contributed by atoms with Gasteiger partial charge in [0.05, 0.1) is 5.88 Å². The Morgan fingerprint density at radius 1 is 1.42 bits per heavy atom. The number of piperidine rings is 1. The number of carbonyl (C=O) groups excluding carboxylic acids is 1. The first kappa shape index (κ1) is 13.3. The van der Waals surface area contributed by atoms with Crippen molar-refractivity contribution in [2.75, 3.05) is 37.0 Å². The molecule has 4 nitrogen and oxygen atoms in total. The Bertz CT molecular complexity index is 464. The summed E-state index contributed by atoms with van der Waals surface area (Å²) in [7, 11) is 0. The third kappa shape index (κ3) is 2.78. The van der Waals surface area contributed by atoms with E-state index < -0.39 is 0 Å². The fraction of sp³-hybridized carbons (Fsp3) is 0.692. The lowest BCUT2D eigenvalue weighted by atomic mass is 10.00. The summed E-state index contributed by atoms with van der Waals surface area (Å²) in [5.74, 6) is -0.0694. The number of aromatic nitrogens is 1. The summed E-state index contributed by atoms with van der Waals surface area (Å²) in [5, 5.41) is 2.80. The summed E-state index contributed by atoms with van der Waals surface area (Å²) in [6.07, 6.45) is 3.96. The highest BCUT2D eigenvalue weighted by molar-refractivity contribution is 7.14. The summed E-state index contributed by atoms with van der Waals surface area (Å²) in [6, 6.07) is 0.665. The van der Waals surface area contributed by atoms with Crippen molar-refractivity contribution in [3.63, 3.8) is 0 Å². The maximum absolute atomic E-state index is 11.5. The molecule has 0 N–H and O–H groups in total. The van der Waals surface area contributed by atoms with Gasteiger partial charge in [0.1, 0.15) is 5.69 Å². The Labute approximate surface area is 122 Å². The molecule has 2 aliphatic rings. The van der Waals surface area contributed by atoms with E-state index in [0.29, 0.717) is 11.7 Å². The van der Waals surface area contributed by atoms with Crippen LogP contribution in [0.25, 0.3) is 0 Å². The highest BCUT2D eigenvalue weighted by Gasteiger charge is 2.30. The minimum atomic E-state index is -0.0829. The second-order valence-corrected chi connectivity index (χ2v) is 6.31. The zero-order valence-electron chi connectivity index (χ0n) is 10.8. The van der Waals surface area contributed by atoms with Crippen molar-refractivity contribution in [2.24, 2.45) is 0 Å². The van der Waals surface area contributed by atoms with E-state index in [0.717, 1.165) is 24.8 Å². The number of carbonyl (C=O) groups is 1. The van der Waals surface area contributed by atoms with Crippen LogP contribution >= 0.6 is 22.9 Å². The van der Waals surface area contributed by atoms with Gasteiger partial charge in [-0.3, -0.25) is 9.69 Å². The van der Waals surface area contributed by atoms with E-state index in [2.05, 4.69) is 14.8 Å². The third-order valence-electron chi connectivity index (χ3n) is 4.01. The third-order valence-corrected chi connectivity index (χ3v) is 5.15. The van der Waals surface area contributed by atoms with Gasteiger partial charge in [0.25, 0.3) is 0 Å². The van der Waals surface area contributed by atoms with Gasteiger partial charge in [0.15, 0.2) is 10.9 Å². The number of Topliss-reactive ketones (excluding diaryl/α,β-unsaturated/α-hetero) is 1. The summed E-state index contributed by atoms with van der Waals surface area (Å²) in [4.78, 5) is 20.9. The average molecular weight is 300 g/mol. The molecular formula is C13H18ClN3OS. The molecule has 0 aromatic carbocycles. The van der Waals surface area contributed by atoms with E-state index in [1.165, 1.54) is 25.8 Å². The van der Waals surface area contributed by atoms with Gasteiger partial charge in [0.2, 0.25) is 0 Å². The van der Waals surface area contributed by atoms with Gasteiger partial charge in [-0.15, -0.1) is 22.9 Å². The minimum Gasteiger partial charge on any atom is -0.345 e. The number of ketones is 1. The quantitative estimate of drug-likeness (QED) is 0.633. The first-order valence-electron chi connectivity index (χ1n) is 6.81. The van der Waals surface area contributed by atoms with E-state index in [1.807, 2.05) is 5.38 Å². The van der Waals surface area contributed by atoms with Crippen molar-refractivity contribution in [1.29, 1.82) is 0 Å². The molecule has 2 aliphatic heterocycles. The molecule has 2 fully saturated rings. The van der Waals surface area contributed by atoms with Crippen LogP contribution in [-0.2, 0) is 0 Å². The van der Waals surface area contributed by atoms with Crippen LogP contribution in [0.4, 0.5) is 5.13 Å². The van der Waals surface area contributed by atoms with Crippen LogP contribution < -0.4 is 4.90 Å². The van der Waals surface area contributed by atoms with Crippen LogP contribution in [-0.4, -0.2) is 53.8 Å². The Kier molecular flexibility index (Phi) is 4.05. The second-order valence-electron chi connectivity index (χ2n) is 5.20. The van der Waals surface area contributed by atoms with Gasteiger partial charge >= 0.3 is 0 Å². The Hall–Kier alpha value is -0.650. The van der Waals surface area contributed by atoms with Crippen molar-refractivity contribution < 1.29 is 4.79 Å². The molecule has 0 aliphatic carbocycles. The number of thiazole rings is 1. The number of hydrogen-bond donors (Lipinski definition) is 0. The van der Waals surface area contributed by atoms with Crippen LogP contribution in [0.1, 0.15) is 29.8 Å². The highest BCUT2D eigenvalue weighted by Crippen LogP contribution is 2.27. The molecule has 0 saturated carbocycles. The summed E-state index contributed by atoms with van der Waals surface area (Å²) in [5.41, 5.74) is 0.515. The van der Waals surface area contributed by atoms with Crippen molar-refractivity contribution in [2.45, 2.75) is 25.3 Å². The number of rotatable bonds is 3. The fourth-order valence-corrected chi connectivity index (χ4v) is 3.94. The fourth-order valence-electron chi connectivity index (χ4n) is 2.94. The highest BCUT2D eigenvalue weighted by atomic mass is 35.5. The van der Waals surface area contributed by atoms with E-state index in [9.17, 15) is 4.79 Å². The van der Waals surface area contributed by atoms with Crippen LogP contribution in [0.3, 0.4) is 0 Å². The molecule has 1 aromatic heterocycles. The first-order valence-corrected chi connectivity index (χ1v) is 8.23. The Balaban J connectivity index is 1.69. The zero-order valence-corrected chi connectivity index (χ0v) is 12.4. The number of fused-ring (bicyclic) bond motifs is 1. The lowest BCUT2D eigenvalue weighted by Gasteiger charge is -2.43. The molecule has 1 aromatic rings. The molecular weight excluding hydrogens is 282 g/mol. The summed E-state index contributed by atoms with van der Waals surface area (Å²) < 4.78 is 0. The van der Waals surface area contributed by atoms with Crippen LogP contribution in [0.2, 0.25) is 0 Å². The number of halogens is 1. The molecule has 0 spiro atoms. The SMILES string of the molecule is O=C(CCl)c1csc(N2CCN3CCCCC3C2)n1. The van der Waals surface area contributed by atoms with Crippen LogP contribution in [0.15, 0.2) is 5.38 Å². The summed E-state index contributed by atoms with van der Waals surface area (Å²) in [6.45, 7) is 4.41. The van der Waals surface area contributed by atoms with Crippen molar-refractivity contribution in [3.8, 4) is 0 Å². The molecule has 1 atom stereocenters. The summed E-state index contributed by atoms with van der Waals surface area (Å²) >= 11 is 7.12. The van der Waals surface area contributed by atoms with Crippen LogP contribution in [0, 0.1) is 0 Å². The smallest absolute Gasteiger partial charge is 0.196 e. The number of hydrogen-bond acceptors (Lipinski definition) is 5. The average Bonchev–Trinajstić information content (AvgIpc) is 2.95. The predicted octanol–water partition coefficient (Wildman–Crippen LogP) is 2.24. The molecule has 19 heavy (non-hydrogen) atoms.